The lowest BCUT2D eigenvalue weighted by atomic mass is 10.0. The Morgan fingerprint density at radius 1 is 1.40 bits per heavy atom. The number of hydrogen-bond acceptors (Lipinski definition) is 6. The van der Waals surface area contributed by atoms with Gasteiger partial charge in [0.05, 0.1) is 38.0 Å². The molecule has 4 rings (SSSR count). The van der Waals surface area contributed by atoms with Gasteiger partial charge in [-0.25, -0.2) is 4.39 Å². The molecule has 0 bridgehead atoms. The van der Waals surface area contributed by atoms with E-state index in [1.165, 1.54) is 4.90 Å². The lowest BCUT2D eigenvalue weighted by Crippen LogP contribution is -2.46. The molecular formula is C22H26FN5O2. The number of rotatable bonds is 5. The smallest absolute Gasteiger partial charge is 0.237 e. The van der Waals surface area contributed by atoms with Crippen molar-refractivity contribution in [2.24, 2.45) is 0 Å². The molecule has 0 aliphatic carbocycles. The van der Waals surface area contributed by atoms with Crippen molar-refractivity contribution in [2.75, 3.05) is 38.6 Å². The number of pyridine rings is 1. The largest absolute Gasteiger partial charge is 0.495 e. The normalized spacial score (nSPS) is 22.8. The van der Waals surface area contributed by atoms with Crippen LogP contribution >= 0.6 is 0 Å². The number of halogens is 1. The number of hydrogen-bond donors (Lipinski definition) is 1. The number of benzene rings is 1. The van der Waals surface area contributed by atoms with Crippen molar-refractivity contribution in [1.29, 1.82) is 5.26 Å². The Hall–Kier alpha value is -2.92. The third-order valence-electron chi connectivity index (χ3n) is 5.96. The topological polar surface area (TPSA) is 81.5 Å². The molecule has 2 aromatic rings. The highest BCUT2D eigenvalue weighted by Gasteiger charge is 2.36. The Morgan fingerprint density at radius 2 is 2.20 bits per heavy atom. The van der Waals surface area contributed by atoms with E-state index in [1.54, 1.807) is 13.3 Å². The van der Waals surface area contributed by atoms with E-state index in [0.29, 0.717) is 6.04 Å². The first-order valence-electron chi connectivity index (χ1n) is 10.3. The summed E-state index contributed by atoms with van der Waals surface area (Å²) in [5.74, 6) is 0.568. The number of likely N-dealkylation sites (tertiary alicyclic amines) is 2. The van der Waals surface area contributed by atoms with Crippen LogP contribution < -0.4 is 10.1 Å². The maximum Gasteiger partial charge on any atom is 0.237 e. The molecule has 158 valence electrons. The summed E-state index contributed by atoms with van der Waals surface area (Å²) in [6, 6.07) is 9.69. The summed E-state index contributed by atoms with van der Waals surface area (Å²) in [4.78, 5) is 20.5. The third kappa shape index (κ3) is 4.31. The number of amides is 1. The molecule has 1 unspecified atom stereocenters. The first-order valence-corrected chi connectivity index (χ1v) is 10.3. The van der Waals surface area contributed by atoms with Gasteiger partial charge in [-0.15, -0.1) is 0 Å². The van der Waals surface area contributed by atoms with Crippen LogP contribution in [0.5, 0.6) is 5.75 Å². The zero-order valence-electron chi connectivity index (χ0n) is 17.1. The molecule has 0 radical (unpaired) electrons. The van der Waals surface area contributed by atoms with Crippen LogP contribution in [0.2, 0.25) is 0 Å². The van der Waals surface area contributed by atoms with Gasteiger partial charge in [-0.1, -0.05) is 6.07 Å². The monoisotopic (exact) mass is 411 g/mol. The van der Waals surface area contributed by atoms with Gasteiger partial charge >= 0.3 is 0 Å². The Labute approximate surface area is 175 Å². The first kappa shape index (κ1) is 20.4. The van der Waals surface area contributed by atoms with Gasteiger partial charge in [-0.05, 0) is 31.0 Å². The fourth-order valence-corrected chi connectivity index (χ4v) is 4.29. The van der Waals surface area contributed by atoms with E-state index in [1.807, 2.05) is 30.3 Å². The predicted octanol–water partition coefficient (Wildman–Crippen LogP) is 2.58. The third-order valence-corrected chi connectivity index (χ3v) is 5.96. The zero-order chi connectivity index (χ0) is 21.1. The molecule has 3 heterocycles. The van der Waals surface area contributed by atoms with Gasteiger partial charge in [0.25, 0.3) is 0 Å². The van der Waals surface area contributed by atoms with E-state index in [4.69, 9.17) is 10.00 Å². The van der Waals surface area contributed by atoms with E-state index < -0.39 is 12.2 Å². The number of anilines is 1. The van der Waals surface area contributed by atoms with E-state index in [2.05, 4.69) is 15.2 Å². The molecule has 2 fully saturated rings. The van der Waals surface area contributed by atoms with Crippen molar-refractivity contribution in [3.8, 4) is 11.8 Å². The first-order chi connectivity index (χ1) is 14.6. The number of aromatic nitrogens is 1. The number of carbonyl (C=O) groups is 1. The molecule has 1 N–H and O–H groups in total. The number of nitriles is 1. The average molecular weight is 411 g/mol. The number of piperidine rings is 1. The molecule has 2 aliphatic heterocycles. The van der Waals surface area contributed by atoms with Crippen molar-refractivity contribution in [2.45, 2.75) is 37.5 Å². The Bertz CT molecular complexity index is 954. The second kappa shape index (κ2) is 8.84. The SMILES string of the molecule is COc1cnc2cccc(NC3CCN(CC(=O)N4C[C@@H](F)CC4C#N)CC3)c2c1. The minimum absolute atomic E-state index is 0.0354. The van der Waals surface area contributed by atoms with E-state index in [-0.39, 0.29) is 25.4 Å². The molecule has 1 aromatic heterocycles. The molecule has 8 heteroatoms. The minimum Gasteiger partial charge on any atom is -0.495 e. The molecule has 2 aliphatic rings. The highest BCUT2D eigenvalue weighted by molar-refractivity contribution is 5.92. The number of carbonyl (C=O) groups excluding carboxylic acids is 1. The van der Waals surface area contributed by atoms with Gasteiger partial charge in [0.15, 0.2) is 0 Å². The number of methoxy groups -OCH3 is 1. The van der Waals surface area contributed by atoms with E-state index in [9.17, 15) is 9.18 Å². The molecule has 1 amide bonds. The predicted molar refractivity (Wildman–Crippen MR) is 112 cm³/mol. The quantitative estimate of drug-likeness (QED) is 0.815. The van der Waals surface area contributed by atoms with Gasteiger partial charge in [0.2, 0.25) is 5.91 Å². The number of ether oxygens (including phenoxy) is 1. The summed E-state index contributed by atoms with van der Waals surface area (Å²) in [7, 11) is 1.63. The second-order valence-corrected chi connectivity index (χ2v) is 7.97. The molecule has 1 aromatic carbocycles. The fraction of sp³-hybridized carbons (Fsp3) is 0.500. The van der Waals surface area contributed by atoms with Crippen LogP contribution in [0.3, 0.4) is 0 Å². The van der Waals surface area contributed by atoms with Crippen LogP contribution in [0.1, 0.15) is 19.3 Å². The van der Waals surface area contributed by atoms with Crippen LogP contribution in [0.15, 0.2) is 30.5 Å². The molecule has 2 atom stereocenters. The second-order valence-electron chi connectivity index (χ2n) is 7.97. The van der Waals surface area contributed by atoms with Crippen molar-refractivity contribution < 1.29 is 13.9 Å². The number of nitrogens with one attached hydrogen (secondary N) is 1. The van der Waals surface area contributed by atoms with Crippen LogP contribution in [-0.2, 0) is 4.79 Å². The van der Waals surface area contributed by atoms with Gasteiger partial charge in [-0.3, -0.25) is 14.7 Å². The van der Waals surface area contributed by atoms with Crippen molar-refractivity contribution >= 4 is 22.5 Å². The van der Waals surface area contributed by atoms with Gasteiger partial charge in [-0.2, -0.15) is 5.26 Å². The summed E-state index contributed by atoms with van der Waals surface area (Å²) in [6.45, 7) is 1.83. The van der Waals surface area contributed by atoms with Gasteiger partial charge in [0, 0.05) is 36.6 Å². The van der Waals surface area contributed by atoms with Crippen LogP contribution in [-0.4, -0.2) is 72.2 Å². The molecule has 2 saturated heterocycles. The lowest BCUT2D eigenvalue weighted by molar-refractivity contribution is -0.132. The van der Waals surface area contributed by atoms with Crippen LogP contribution in [0, 0.1) is 11.3 Å². The maximum absolute atomic E-state index is 13.6. The maximum atomic E-state index is 13.6. The van der Waals surface area contributed by atoms with E-state index in [0.717, 1.165) is 48.3 Å². The summed E-state index contributed by atoms with van der Waals surface area (Å²) in [5, 5.41) is 13.8. The van der Waals surface area contributed by atoms with E-state index >= 15 is 0 Å². The Morgan fingerprint density at radius 3 is 2.93 bits per heavy atom. The molecule has 30 heavy (non-hydrogen) atoms. The summed E-state index contributed by atoms with van der Waals surface area (Å²) in [6.07, 6.45) is 2.54. The molecule has 0 saturated carbocycles. The van der Waals surface area contributed by atoms with Gasteiger partial charge < -0.3 is 15.0 Å². The van der Waals surface area contributed by atoms with Crippen LogP contribution in [0.4, 0.5) is 10.1 Å². The molecular weight excluding hydrogens is 385 g/mol. The fourth-order valence-electron chi connectivity index (χ4n) is 4.29. The highest BCUT2D eigenvalue weighted by atomic mass is 19.1. The van der Waals surface area contributed by atoms with Gasteiger partial charge in [0.1, 0.15) is 18.0 Å². The number of nitrogens with zero attached hydrogens (tertiary/aromatic N) is 4. The number of fused-ring (bicyclic) bond motifs is 1. The van der Waals surface area contributed by atoms with Crippen molar-refractivity contribution in [3.05, 3.63) is 30.5 Å². The van der Waals surface area contributed by atoms with Crippen molar-refractivity contribution in [3.63, 3.8) is 0 Å². The molecule has 0 spiro atoms. The summed E-state index contributed by atoms with van der Waals surface area (Å²) in [5.41, 5.74) is 1.93. The zero-order valence-corrected chi connectivity index (χ0v) is 17.1. The van der Waals surface area contributed by atoms with Crippen molar-refractivity contribution in [1.82, 2.24) is 14.8 Å². The minimum atomic E-state index is -1.10. The highest BCUT2D eigenvalue weighted by Crippen LogP contribution is 2.28. The standard InChI is InChI=1S/C22H26FN5O2/c1-30-18-10-19-20(25-12-18)3-2-4-21(19)26-16-5-7-27(8-6-16)14-22(29)28-13-15(23)9-17(28)11-24/h2-4,10,12,15-17,26H,5-9,13-14H2,1H3/t15-,17?/m0/s1. The average Bonchev–Trinajstić information content (AvgIpc) is 3.16. The Kier molecular flexibility index (Phi) is 6.00. The lowest BCUT2D eigenvalue weighted by Gasteiger charge is -2.33. The molecule has 7 nitrogen and oxygen atoms in total. The Balaban J connectivity index is 1.34. The van der Waals surface area contributed by atoms with Crippen LogP contribution in [0.25, 0.3) is 10.9 Å². The summed E-state index contributed by atoms with van der Waals surface area (Å²) >= 11 is 0. The summed E-state index contributed by atoms with van der Waals surface area (Å²) < 4.78 is 18.9. The number of alkyl halides is 1.